The van der Waals surface area contributed by atoms with Crippen molar-refractivity contribution < 1.29 is 37.8 Å². The van der Waals surface area contributed by atoms with E-state index < -0.39 is 23.9 Å². The molecule has 4 aliphatic heterocycles. The molecule has 0 amide bonds. The van der Waals surface area contributed by atoms with Crippen LogP contribution in [-0.2, 0) is 33.4 Å². The minimum atomic E-state index is -0.579. The van der Waals surface area contributed by atoms with Gasteiger partial charge in [0.05, 0.1) is 24.7 Å². The van der Waals surface area contributed by atoms with Crippen molar-refractivity contribution in [2.75, 3.05) is 0 Å². The molecule has 1 aromatic rings. The molecule has 8 nitrogen and oxygen atoms in total. The zero-order chi connectivity index (χ0) is 17.1. The first-order chi connectivity index (χ1) is 11.6. The molecule has 2 fully saturated rings. The van der Waals surface area contributed by atoms with E-state index in [1.807, 2.05) is 24.3 Å². The molecule has 0 spiro atoms. The van der Waals surface area contributed by atoms with Gasteiger partial charge in [0.2, 0.25) is 0 Å². The maximum Gasteiger partial charge on any atom is 0.338 e. The molecule has 4 atom stereocenters. The summed E-state index contributed by atoms with van der Waals surface area (Å²) in [6.07, 6.45) is 8.63. The highest BCUT2D eigenvalue weighted by molar-refractivity contribution is 6.04. The average Bonchev–Trinajstić information content (AvgIpc) is 3.33. The van der Waals surface area contributed by atoms with Crippen LogP contribution >= 0.6 is 0 Å². The van der Waals surface area contributed by atoms with Crippen molar-refractivity contribution in [3.63, 3.8) is 0 Å². The van der Waals surface area contributed by atoms with E-state index in [0.29, 0.717) is 0 Å². The van der Waals surface area contributed by atoms with Gasteiger partial charge in [0.15, 0.2) is 0 Å². The largest absolute Gasteiger partial charge is 0.473 e. The first kappa shape index (κ1) is 15.9. The molecular formula is C16H12O8. The smallest absolute Gasteiger partial charge is 0.338 e. The molecule has 5 heterocycles. The Bertz CT molecular complexity index is 653. The van der Waals surface area contributed by atoms with Crippen LogP contribution in [-0.4, -0.2) is 36.1 Å². The Labute approximate surface area is 135 Å². The summed E-state index contributed by atoms with van der Waals surface area (Å²) in [5.41, 5.74) is 0. The summed E-state index contributed by atoms with van der Waals surface area (Å²) >= 11 is 0. The molecule has 0 aromatic carbocycles. The number of hydrogen-bond donors (Lipinski definition) is 0. The zero-order valence-electron chi connectivity index (χ0n) is 12.2. The van der Waals surface area contributed by atoms with E-state index in [1.54, 1.807) is 12.5 Å². The molecule has 124 valence electrons. The quantitative estimate of drug-likeness (QED) is 0.385. The van der Waals surface area contributed by atoms with E-state index in [-0.39, 0.29) is 24.0 Å². The zero-order valence-corrected chi connectivity index (χ0v) is 12.2. The lowest BCUT2D eigenvalue weighted by molar-refractivity contribution is -0.156. The van der Waals surface area contributed by atoms with E-state index in [1.165, 1.54) is 0 Å². The van der Waals surface area contributed by atoms with Gasteiger partial charge < -0.3 is 18.6 Å². The summed E-state index contributed by atoms with van der Waals surface area (Å²) in [4.78, 5) is 42.0. The number of carbonyl (C=O) groups excluding carboxylic acids is 4. The van der Waals surface area contributed by atoms with Gasteiger partial charge in [-0.1, -0.05) is 12.2 Å². The maximum absolute atomic E-state index is 11.1. The van der Waals surface area contributed by atoms with Crippen LogP contribution in [0.25, 0.3) is 0 Å². The van der Waals surface area contributed by atoms with Crippen LogP contribution in [0.3, 0.4) is 0 Å². The first-order valence-corrected chi connectivity index (χ1v) is 7.06. The predicted molar refractivity (Wildman–Crippen MR) is 74.8 cm³/mol. The average molecular weight is 332 g/mol. The molecule has 4 unspecified atom stereocenters. The van der Waals surface area contributed by atoms with Crippen LogP contribution in [0.2, 0.25) is 0 Å². The van der Waals surface area contributed by atoms with E-state index in [9.17, 15) is 19.2 Å². The van der Waals surface area contributed by atoms with Crippen LogP contribution in [0.5, 0.6) is 0 Å². The molecule has 0 radical (unpaired) electrons. The molecule has 5 rings (SSSR count). The Morgan fingerprint density at radius 2 is 1.21 bits per heavy atom. The van der Waals surface area contributed by atoms with Crippen LogP contribution in [0.1, 0.15) is 0 Å². The van der Waals surface area contributed by atoms with Crippen molar-refractivity contribution in [2.45, 2.75) is 12.2 Å². The van der Waals surface area contributed by atoms with Crippen LogP contribution < -0.4 is 0 Å². The Kier molecular flexibility index (Phi) is 4.39. The van der Waals surface area contributed by atoms with Crippen molar-refractivity contribution in [1.29, 1.82) is 0 Å². The van der Waals surface area contributed by atoms with E-state index in [0.717, 1.165) is 12.2 Å². The number of rotatable bonds is 0. The van der Waals surface area contributed by atoms with Crippen molar-refractivity contribution in [1.82, 2.24) is 0 Å². The summed E-state index contributed by atoms with van der Waals surface area (Å²) in [6.45, 7) is 0. The third-order valence-corrected chi connectivity index (χ3v) is 3.63. The number of cyclic esters (lactones) is 4. The van der Waals surface area contributed by atoms with Gasteiger partial charge in [-0.15, -0.1) is 0 Å². The Balaban J connectivity index is 0.000000120. The number of carbonyl (C=O) groups is 4. The molecular weight excluding hydrogens is 320 g/mol. The summed E-state index contributed by atoms with van der Waals surface area (Å²) < 4.78 is 18.4. The lowest BCUT2D eigenvalue weighted by Gasteiger charge is -2.08. The second-order valence-electron chi connectivity index (χ2n) is 5.11. The van der Waals surface area contributed by atoms with Gasteiger partial charge in [0, 0.05) is 12.2 Å². The molecule has 8 heteroatoms. The minimum Gasteiger partial charge on any atom is -0.473 e. The van der Waals surface area contributed by atoms with Crippen molar-refractivity contribution >= 4 is 23.9 Å². The Morgan fingerprint density at radius 1 is 0.708 bits per heavy atom. The van der Waals surface area contributed by atoms with Crippen LogP contribution in [0, 0.1) is 11.8 Å². The summed E-state index contributed by atoms with van der Waals surface area (Å²) in [5, 5.41) is 0. The van der Waals surface area contributed by atoms with Crippen molar-refractivity contribution in [3.8, 4) is 0 Å². The molecule has 0 aliphatic carbocycles. The standard InChI is InChI=1S/C8H6O4.C4H2O3.C4H4O/c9-7-5-3-1-2-4(11-3)6(5)8(10)12-7;5-3-1-2-4(6)7-3;1-2-4-5-3-1/h1-6H;1-2H;1-4H. The van der Waals surface area contributed by atoms with Crippen molar-refractivity contribution in [2.24, 2.45) is 11.8 Å². The fraction of sp³-hybridized carbons (Fsp3) is 0.250. The molecule has 2 saturated heterocycles. The maximum atomic E-state index is 11.1. The molecule has 0 N–H and O–H groups in total. The predicted octanol–water partition coefficient (Wildman–Crippen LogP) is 0.545. The molecule has 2 bridgehead atoms. The number of esters is 4. The van der Waals surface area contributed by atoms with Gasteiger partial charge in [0.25, 0.3) is 0 Å². The number of hydrogen-bond acceptors (Lipinski definition) is 8. The lowest BCUT2D eigenvalue weighted by Crippen LogP contribution is -2.26. The van der Waals surface area contributed by atoms with E-state index in [4.69, 9.17) is 4.74 Å². The third kappa shape index (κ3) is 3.18. The summed E-state index contributed by atoms with van der Waals surface area (Å²) in [7, 11) is 0. The Morgan fingerprint density at radius 3 is 1.54 bits per heavy atom. The summed E-state index contributed by atoms with van der Waals surface area (Å²) in [5.74, 6) is -2.75. The van der Waals surface area contributed by atoms with E-state index >= 15 is 0 Å². The van der Waals surface area contributed by atoms with Gasteiger partial charge in [0.1, 0.15) is 11.8 Å². The van der Waals surface area contributed by atoms with Crippen molar-refractivity contribution in [3.05, 3.63) is 49.0 Å². The monoisotopic (exact) mass is 332 g/mol. The molecule has 1 aromatic heterocycles. The fourth-order valence-corrected chi connectivity index (χ4v) is 2.64. The second kappa shape index (κ2) is 6.63. The molecule has 4 aliphatic rings. The van der Waals surface area contributed by atoms with Gasteiger partial charge in [-0.05, 0) is 12.1 Å². The van der Waals surface area contributed by atoms with E-state index in [2.05, 4.69) is 13.9 Å². The molecule has 24 heavy (non-hydrogen) atoms. The normalized spacial score (nSPS) is 31.0. The van der Waals surface area contributed by atoms with Crippen LogP contribution in [0.15, 0.2) is 53.4 Å². The lowest BCUT2D eigenvalue weighted by atomic mass is 9.85. The fourth-order valence-electron chi connectivity index (χ4n) is 2.64. The topological polar surface area (TPSA) is 109 Å². The second-order valence-corrected chi connectivity index (χ2v) is 5.11. The highest BCUT2D eigenvalue weighted by Gasteiger charge is 2.59. The SMILES string of the molecule is O=C1C=CC(=O)O1.O=C1OC(=O)C2C3C=CC(O3)C12.c1ccoc1. The summed E-state index contributed by atoms with van der Waals surface area (Å²) in [6, 6.07) is 3.67. The number of fused-ring (bicyclic) bond motifs is 5. The van der Waals surface area contributed by atoms with Gasteiger partial charge in [-0.2, -0.15) is 0 Å². The number of furan rings is 1. The van der Waals surface area contributed by atoms with Crippen LogP contribution in [0.4, 0.5) is 0 Å². The third-order valence-electron chi connectivity index (χ3n) is 3.63. The Hall–Kier alpha value is -3.00. The van der Waals surface area contributed by atoms with Gasteiger partial charge in [-0.25, -0.2) is 9.59 Å². The van der Waals surface area contributed by atoms with Gasteiger partial charge >= 0.3 is 23.9 Å². The highest BCUT2D eigenvalue weighted by atomic mass is 16.6. The minimum absolute atomic E-state index is 0.223. The van der Waals surface area contributed by atoms with Gasteiger partial charge in [-0.3, -0.25) is 9.59 Å². The highest BCUT2D eigenvalue weighted by Crippen LogP contribution is 2.43. The first-order valence-electron chi connectivity index (χ1n) is 7.06. The number of ether oxygens (including phenoxy) is 3. The molecule has 0 saturated carbocycles.